The highest BCUT2D eigenvalue weighted by Gasteiger charge is 2.23. The number of para-hydroxylation sites is 1. The van der Waals surface area contributed by atoms with Crippen LogP contribution >= 0.6 is 0 Å². The van der Waals surface area contributed by atoms with Gasteiger partial charge >= 0.3 is 6.09 Å². The molecule has 2 aromatic heterocycles. The van der Waals surface area contributed by atoms with Gasteiger partial charge in [0.15, 0.2) is 0 Å². The molecule has 0 aliphatic carbocycles. The molecule has 3 aromatic rings. The summed E-state index contributed by atoms with van der Waals surface area (Å²) in [5.41, 5.74) is 2.92. The van der Waals surface area contributed by atoms with Crippen LogP contribution in [0.1, 0.15) is 37.9 Å². The summed E-state index contributed by atoms with van der Waals surface area (Å²) in [7, 11) is 4.66. The Bertz CT molecular complexity index is 1440. The van der Waals surface area contributed by atoms with Gasteiger partial charge in [0.05, 0.1) is 12.5 Å². The number of aromatic amines is 1. The normalized spacial score (nSPS) is 12.2. The number of nitrogens with one attached hydrogen (secondary N) is 2. The largest absolute Gasteiger partial charge is 0.465 e. The van der Waals surface area contributed by atoms with Gasteiger partial charge in [-0.2, -0.15) is 0 Å². The maximum Gasteiger partial charge on any atom is 0.407 e. The smallest absolute Gasteiger partial charge is 0.407 e. The van der Waals surface area contributed by atoms with Crippen molar-refractivity contribution in [2.24, 2.45) is 11.8 Å². The van der Waals surface area contributed by atoms with Crippen LogP contribution in [-0.2, 0) is 22.6 Å². The minimum atomic E-state index is -1.16. The number of hydrogen-bond acceptors (Lipinski definition) is 4. The van der Waals surface area contributed by atoms with Crippen LogP contribution < -0.4 is 10.9 Å². The third kappa shape index (κ3) is 8.08. The predicted octanol–water partition coefficient (Wildman–Crippen LogP) is 4.17. The number of amides is 3. The van der Waals surface area contributed by atoms with Gasteiger partial charge in [0, 0.05) is 45.1 Å². The Morgan fingerprint density at radius 1 is 1.12 bits per heavy atom. The number of fused-ring (bicyclic) bond motifs is 1. The van der Waals surface area contributed by atoms with Crippen molar-refractivity contribution in [2.45, 2.75) is 39.7 Å². The summed E-state index contributed by atoms with van der Waals surface area (Å²) in [4.78, 5) is 55.5. The number of rotatable bonds is 12. The SMILES string of the molecule is CC(C)Cc1cccc2cc(Cn3cccc(NC(=O)[C@@H](CC/C=C/C(=O)N(C)C)CN(C)C(=O)O)c3=O)[nH]c12. The Balaban J connectivity index is 1.77. The summed E-state index contributed by atoms with van der Waals surface area (Å²) in [6, 6.07) is 11.4. The number of nitrogens with zero attached hydrogens (tertiary/aromatic N) is 3. The van der Waals surface area contributed by atoms with Gasteiger partial charge in [-0.25, -0.2) is 4.79 Å². The molecule has 0 unspecified atom stereocenters. The minimum Gasteiger partial charge on any atom is -0.465 e. The molecule has 0 fully saturated rings. The first-order valence-corrected chi connectivity index (χ1v) is 13.4. The Kier molecular flexibility index (Phi) is 10.3. The second-order valence-electron chi connectivity index (χ2n) is 10.7. The molecule has 0 saturated carbocycles. The zero-order valence-electron chi connectivity index (χ0n) is 23.8. The maximum absolute atomic E-state index is 13.3. The lowest BCUT2D eigenvalue weighted by Crippen LogP contribution is -2.37. The van der Waals surface area contributed by atoms with Crippen molar-refractivity contribution in [2.75, 3.05) is 33.0 Å². The molecular formula is C30H39N5O5. The molecule has 0 bridgehead atoms. The number of carbonyl (C=O) groups is 3. The Hall–Kier alpha value is -4.34. The van der Waals surface area contributed by atoms with Gasteiger partial charge in [-0.15, -0.1) is 0 Å². The average molecular weight is 550 g/mol. The van der Waals surface area contributed by atoms with Crippen LogP contribution in [0.25, 0.3) is 10.9 Å². The average Bonchev–Trinajstić information content (AvgIpc) is 3.31. The summed E-state index contributed by atoms with van der Waals surface area (Å²) in [6.45, 7) is 4.60. The number of hydrogen-bond donors (Lipinski definition) is 3. The standard InChI is InChI=1S/C30H39N5O5/c1-20(2)16-21-11-8-12-22-17-24(31-27(21)22)19-35-15-9-13-25(29(35)38)32-28(37)23(18-34(5)30(39)40)10-6-7-14-26(36)33(3)4/h7-9,11-15,17,20,23,31H,6,10,16,18-19H2,1-5H3,(H,32,37)(H,39,40)/b14-7+/t23-/m0/s1. The number of likely N-dealkylation sites (N-methyl/N-ethyl adjacent to an activating group) is 1. The molecule has 10 heteroatoms. The third-order valence-corrected chi connectivity index (χ3v) is 6.62. The number of anilines is 1. The van der Waals surface area contributed by atoms with E-state index < -0.39 is 17.9 Å². The Morgan fingerprint density at radius 3 is 2.55 bits per heavy atom. The minimum absolute atomic E-state index is 0.0502. The van der Waals surface area contributed by atoms with Gasteiger partial charge in [0.1, 0.15) is 5.69 Å². The lowest BCUT2D eigenvalue weighted by atomic mass is 10.0. The maximum atomic E-state index is 13.3. The molecule has 0 saturated heterocycles. The lowest BCUT2D eigenvalue weighted by Gasteiger charge is -2.21. The number of carboxylic acid groups (broad SMARTS) is 1. The highest BCUT2D eigenvalue weighted by molar-refractivity contribution is 5.92. The molecule has 2 heterocycles. The van der Waals surface area contributed by atoms with Crippen LogP contribution in [0, 0.1) is 11.8 Å². The van der Waals surface area contributed by atoms with Crippen LogP contribution in [0.2, 0.25) is 0 Å². The predicted molar refractivity (Wildman–Crippen MR) is 156 cm³/mol. The number of H-pyrrole nitrogens is 1. The van der Waals surface area contributed by atoms with E-state index in [1.807, 2.05) is 18.2 Å². The molecule has 10 nitrogen and oxygen atoms in total. The van der Waals surface area contributed by atoms with Crippen molar-refractivity contribution in [1.82, 2.24) is 19.4 Å². The molecule has 214 valence electrons. The second-order valence-corrected chi connectivity index (χ2v) is 10.7. The van der Waals surface area contributed by atoms with E-state index >= 15 is 0 Å². The fourth-order valence-electron chi connectivity index (χ4n) is 4.49. The van der Waals surface area contributed by atoms with E-state index in [4.69, 9.17) is 0 Å². The highest BCUT2D eigenvalue weighted by Crippen LogP contribution is 2.22. The molecule has 3 rings (SSSR count). The fraction of sp³-hybridized carbons (Fsp3) is 0.400. The first-order chi connectivity index (χ1) is 19.0. The van der Waals surface area contributed by atoms with Gasteiger partial charge in [-0.05, 0) is 60.4 Å². The van der Waals surface area contributed by atoms with Gasteiger partial charge in [-0.3, -0.25) is 14.4 Å². The van der Waals surface area contributed by atoms with Gasteiger partial charge in [0.25, 0.3) is 5.56 Å². The first-order valence-electron chi connectivity index (χ1n) is 13.4. The van der Waals surface area contributed by atoms with Crippen LogP contribution in [0.4, 0.5) is 10.5 Å². The molecule has 0 aliphatic heterocycles. The molecule has 40 heavy (non-hydrogen) atoms. The number of allylic oxidation sites excluding steroid dienone is 1. The molecule has 0 aliphatic rings. The van der Waals surface area contributed by atoms with Crippen LogP contribution in [-0.4, -0.2) is 70.1 Å². The zero-order chi connectivity index (χ0) is 29.4. The number of benzene rings is 1. The van der Waals surface area contributed by atoms with Crippen molar-refractivity contribution in [3.8, 4) is 0 Å². The van der Waals surface area contributed by atoms with Crippen molar-refractivity contribution >= 4 is 34.5 Å². The topological polar surface area (TPSA) is 128 Å². The summed E-state index contributed by atoms with van der Waals surface area (Å²) >= 11 is 0. The van der Waals surface area contributed by atoms with Gasteiger partial charge in [0.2, 0.25) is 11.8 Å². The number of carbonyl (C=O) groups excluding carboxylic acids is 2. The quantitative estimate of drug-likeness (QED) is 0.292. The molecule has 0 radical (unpaired) electrons. The zero-order valence-corrected chi connectivity index (χ0v) is 23.8. The van der Waals surface area contributed by atoms with Crippen LogP contribution in [0.3, 0.4) is 0 Å². The van der Waals surface area contributed by atoms with Gasteiger partial charge in [-0.1, -0.05) is 38.1 Å². The van der Waals surface area contributed by atoms with Crippen molar-refractivity contribution in [3.63, 3.8) is 0 Å². The highest BCUT2D eigenvalue weighted by atomic mass is 16.4. The first kappa shape index (κ1) is 30.2. The van der Waals surface area contributed by atoms with Gasteiger partial charge < -0.3 is 29.8 Å². The monoisotopic (exact) mass is 549 g/mol. The fourth-order valence-corrected chi connectivity index (χ4v) is 4.49. The molecule has 3 N–H and O–H groups in total. The van der Waals surface area contributed by atoms with E-state index in [9.17, 15) is 24.3 Å². The van der Waals surface area contributed by atoms with E-state index in [1.165, 1.54) is 34.2 Å². The molecule has 0 spiro atoms. The van der Waals surface area contributed by atoms with Crippen molar-refractivity contribution in [1.29, 1.82) is 0 Å². The number of aromatic nitrogens is 2. The van der Waals surface area contributed by atoms with E-state index in [2.05, 4.69) is 30.2 Å². The third-order valence-electron chi connectivity index (χ3n) is 6.62. The van der Waals surface area contributed by atoms with Crippen LogP contribution in [0.15, 0.2) is 59.5 Å². The summed E-state index contributed by atoms with van der Waals surface area (Å²) in [6.07, 6.45) is 5.22. The molecule has 1 aromatic carbocycles. The van der Waals surface area contributed by atoms with E-state index in [0.717, 1.165) is 27.9 Å². The summed E-state index contributed by atoms with van der Waals surface area (Å²) in [5.74, 6) is -0.851. The van der Waals surface area contributed by atoms with E-state index in [1.54, 1.807) is 32.4 Å². The Morgan fingerprint density at radius 2 is 1.88 bits per heavy atom. The van der Waals surface area contributed by atoms with Crippen molar-refractivity contribution < 1.29 is 19.5 Å². The van der Waals surface area contributed by atoms with Crippen molar-refractivity contribution in [3.05, 3.63) is 76.4 Å². The number of pyridine rings is 1. The van der Waals surface area contributed by atoms with Crippen LogP contribution in [0.5, 0.6) is 0 Å². The summed E-state index contributed by atoms with van der Waals surface area (Å²) in [5, 5.41) is 13.1. The lowest BCUT2D eigenvalue weighted by molar-refractivity contribution is -0.123. The molecule has 1 atom stereocenters. The molecular weight excluding hydrogens is 510 g/mol. The molecule has 3 amide bonds. The summed E-state index contributed by atoms with van der Waals surface area (Å²) < 4.78 is 1.52. The van der Waals surface area contributed by atoms with E-state index in [-0.39, 0.29) is 23.7 Å². The van der Waals surface area contributed by atoms with E-state index in [0.29, 0.717) is 25.3 Å². The second kappa shape index (κ2) is 13.6. The Labute approximate surface area is 234 Å².